The zero-order valence-electron chi connectivity index (χ0n) is 12.9. The molecule has 2 N–H and O–H groups in total. The van der Waals surface area contributed by atoms with Crippen molar-refractivity contribution in [3.05, 3.63) is 22.4 Å². The van der Waals surface area contributed by atoms with E-state index in [2.05, 4.69) is 10.7 Å². The molecule has 1 aliphatic heterocycles. The molecule has 1 saturated carbocycles. The van der Waals surface area contributed by atoms with Crippen molar-refractivity contribution in [3.63, 3.8) is 0 Å². The fourth-order valence-electron chi connectivity index (χ4n) is 3.24. The fraction of sp³-hybridized carbons (Fsp3) is 0.625. The highest BCUT2D eigenvalue weighted by Crippen LogP contribution is 2.26. The van der Waals surface area contributed by atoms with E-state index in [1.165, 1.54) is 0 Å². The van der Waals surface area contributed by atoms with Gasteiger partial charge in [-0.15, -0.1) is 0 Å². The van der Waals surface area contributed by atoms with Crippen LogP contribution in [-0.4, -0.2) is 47.7 Å². The molecule has 1 aliphatic carbocycles. The maximum absolute atomic E-state index is 12.4. The second-order valence-electron chi connectivity index (χ2n) is 6.20. The van der Waals surface area contributed by atoms with E-state index in [-0.39, 0.29) is 24.1 Å². The number of urea groups is 1. The minimum Gasteiger partial charge on any atom is -0.481 e. The van der Waals surface area contributed by atoms with Gasteiger partial charge in [-0.1, -0.05) is 0 Å². The number of nitrogens with one attached hydrogen (secondary N) is 1. The Morgan fingerprint density at radius 1 is 1.30 bits per heavy atom. The lowest BCUT2D eigenvalue weighted by Gasteiger charge is -2.35. The highest BCUT2D eigenvalue weighted by atomic mass is 32.1. The maximum atomic E-state index is 12.4. The van der Waals surface area contributed by atoms with Crippen molar-refractivity contribution < 1.29 is 19.4 Å². The van der Waals surface area contributed by atoms with Crippen LogP contribution < -0.4 is 5.32 Å². The molecule has 23 heavy (non-hydrogen) atoms. The van der Waals surface area contributed by atoms with E-state index in [1.54, 1.807) is 16.2 Å². The van der Waals surface area contributed by atoms with Crippen LogP contribution in [0.1, 0.15) is 37.4 Å². The average Bonchev–Trinajstić information content (AvgIpc) is 3.10. The number of carboxylic acids is 1. The van der Waals surface area contributed by atoms with Crippen LogP contribution >= 0.6 is 11.3 Å². The van der Waals surface area contributed by atoms with Crippen molar-refractivity contribution >= 4 is 23.3 Å². The van der Waals surface area contributed by atoms with Crippen molar-refractivity contribution in [1.29, 1.82) is 0 Å². The summed E-state index contributed by atoms with van der Waals surface area (Å²) in [7, 11) is 0. The minimum atomic E-state index is -0.721. The molecule has 1 atom stereocenters. The monoisotopic (exact) mass is 338 g/mol. The van der Waals surface area contributed by atoms with Crippen LogP contribution in [0.3, 0.4) is 0 Å². The number of amides is 2. The molecule has 1 unspecified atom stereocenters. The van der Waals surface area contributed by atoms with Gasteiger partial charge < -0.3 is 20.1 Å². The summed E-state index contributed by atoms with van der Waals surface area (Å²) in [5, 5.41) is 16.1. The summed E-state index contributed by atoms with van der Waals surface area (Å²) in [4.78, 5) is 25.2. The van der Waals surface area contributed by atoms with E-state index in [1.807, 2.05) is 11.4 Å². The van der Waals surface area contributed by atoms with Crippen molar-refractivity contribution in [2.24, 2.45) is 5.92 Å². The second-order valence-corrected chi connectivity index (χ2v) is 6.98. The summed E-state index contributed by atoms with van der Waals surface area (Å²) >= 11 is 1.63. The van der Waals surface area contributed by atoms with Gasteiger partial charge in [-0.3, -0.25) is 4.79 Å². The Labute approximate surface area is 139 Å². The zero-order valence-corrected chi connectivity index (χ0v) is 13.8. The molecule has 0 bridgehead atoms. The molecule has 0 radical (unpaired) electrons. The molecule has 2 amide bonds. The van der Waals surface area contributed by atoms with Crippen LogP contribution in [0, 0.1) is 5.92 Å². The largest absolute Gasteiger partial charge is 0.481 e. The molecular weight excluding hydrogens is 316 g/mol. The third-order valence-corrected chi connectivity index (χ3v) is 5.37. The van der Waals surface area contributed by atoms with Crippen LogP contribution in [0.4, 0.5) is 4.79 Å². The molecule has 7 heteroatoms. The molecule has 1 aromatic rings. The lowest BCUT2D eigenvalue weighted by atomic mass is 9.86. The van der Waals surface area contributed by atoms with E-state index in [0.717, 1.165) is 18.4 Å². The maximum Gasteiger partial charge on any atom is 0.317 e. The van der Waals surface area contributed by atoms with Crippen LogP contribution in [0.2, 0.25) is 0 Å². The summed E-state index contributed by atoms with van der Waals surface area (Å²) in [6.45, 7) is 1.70. The third kappa shape index (κ3) is 4.03. The number of carbonyl (C=O) groups is 2. The van der Waals surface area contributed by atoms with Crippen LogP contribution in [-0.2, 0) is 9.53 Å². The molecule has 1 saturated heterocycles. The number of rotatable bonds is 3. The van der Waals surface area contributed by atoms with Gasteiger partial charge in [0.15, 0.2) is 0 Å². The predicted molar refractivity (Wildman–Crippen MR) is 86.5 cm³/mol. The number of thiophene rings is 1. The van der Waals surface area contributed by atoms with E-state index in [0.29, 0.717) is 32.5 Å². The van der Waals surface area contributed by atoms with E-state index in [4.69, 9.17) is 9.84 Å². The Morgan fingerprint density at radius 3 is 2.74 bits per heavy atom. The highest BCUT2D eigenvalue weighted by molar-refractivity contribution is 7.07. The molecule has 126 valence electrons. The number of ether oxygens (including phenoxy) is 1. The zero-order chi connectivity index (χ0) is 16.2. The molecule has 3 rings (SSSR count). The molecule has 2 fully saturated rings. The van der Waals surface area contributed by atoms with Crippen LogP contribution in [0.25, 0.3) is 0 Å². The van der Waals surface area contributed by atoms with Gasteiger partial charge in [0.1, 0.15) is 6.10 Å². The van der Waals surface area contributed by atoms with E-state index in [9.17, 15) is 9.59 Å². The molecule has 0 aromatic carbocycles. The first-order valence-electron chi connectivity index (χ1n) is 8.05. The van der Waals surface area contributed by atoms with Gasteiger partial charge >= 0.3 is 12.0 Å². The first-order valence-corrected chi connectivity index (χ1v) is 8.99. The summed E-state index contributed by atoms with van der Waals surface area (Å²) in [5.74, 6) is -0.976. The number of aliphatic carboxylic acids is 1. The standard InChI is InChI=1S/C16H22N2O4S/c19-15(20)11-1-3-13(4-2-11)17-16(21)18-6-7-22-14(9-18)12-5-8-23-10-12/h5,8,10-11,13-14H,1-4,6-7,9H2,(H,17,21)(H,19,20). The molecular formula is C16H22N2O4S. The van der Waals surface area contributed by atoms with Crippen molar-refractivity contribution in [3.8, 4) is 0 Å². The quantitative estimate of drug-likeness (QED) is 0.887. The third-order valence-electron chi connectivity index (χ3n) is 4.67. The van der Waals surface area contributed by atoms with E-state index >= 15 is 0 Å². The number of morpholine rings is 1. The summed E-state index contributed by atoms with van der Waals surface area (Å²) in [6, 6.07) is 2.05. The lowest BCUT2D eigenvalue weighted by Crippen LogP contribution is -2.50. The Hall–Kier alpha value is -1.60. The topological polar surface area (TPSA) is 78.9 Å². The Bertz CT molecular complexity index is 540. The summed E-state index contributed by atoms with van der Waals surface area (Å²) in [5.41, 5.74) is 1.12. The lowest BCUT2D eigenvalue weighted by molar-refractivity contribution is -0.142. The molecule has 2 aliphatic rings. The minimum absolute atomic E-state index is 0.0523. The molecule has 6 nitrogen and oxygen atoms in total. The van der Waals surface area contributed by atoms with Gasteiger partial charge in [-0.05, 0) is 48.1 Å². The Kier molecular flexibility index (Phi) is 5.17. The number of carboxylic acid groups (broad SMARTS) is 1. The summed E-state index contributed by atoms with van der Waals surface area (Å²) < 4.78 is 5.75. The molecule has 1 aromatic heterocycles. The number of hydrogen-bond donors (Lipinski definition) is 2. The molecule has 2 heterocycles. The number of hydrogen-bond acceptors (Lipinski definition) is 4. The van der Waals surface area contributed by atoms with Crippen LogP contribution in [0.5, 0.6) is 0 Å². The molecule has 0 spiro atoms. The highest BCUT2D eigenvalue weighted by Gasteiger charge is 2.30. The number of carbonyl (C=O) groups excluding carboxylic acids is 1. The smallest absolute Gasteiger partial charge is 0.317 e. The first kappa shape index (κ1) is 16.3. The van der Waals surface area contributed by atoms with Gasteiger partial charge in [0.2, 0.25) is 0 Å². The van der Waals surface area contributed by atoms with Crippen molar-refractivity contribution in [2.75, 3.05) is 19.7 Å². The van der Waals surface area contributed by atoms with Crippen LogP contribution in [0.15, 0.2) is 16.8 Å². The second kappa shape index (κ2) is 7.31. The average molecular weight is 338 g/mol. The summed E-state index contributed by atoms with van der Waals surface area (Å²) in [6.07, 6.45) is 2.70. The van der Waals surface area contributed by atoms with Gasteiger partial charge in [0.05, 0.1) is 19.1 Å². The Morgan fingerprint density at radius 2 is 2.09 bits per heavy atom. The van der Waals surface area contributed by atoms with Gasteiger partial charge in [-0.2, -0.15) is 11.3 Å². The van der Waals surface area contributed by atoms with Gasteiger partial charge in [0, 0.05) is 12.6 Å². The van der Waals surface area contributed by atoms with Gasteiger partial charge in [0.25, 0.3) is 0 Å². The Balaban J connectivity index is 1.49. The predicted octanol–water partition coefficient (Wildman–Crippen LogP) is 2.47. The van der Waals surface area contributed by atoms with Crippen molar-refractivity contribution in [2.45, 2.75) is 37.8 Å². The SMILES string of the molecule is O=C(O)C1CCC(NC(=O)N2CCOC(c3ccsc3)C2)CC1. The first-order chi connectivity index (χ1) is 11.1. The normalized spacial score (nSPS) is 28.3. The van der Waals surface area contributed by atoms with Gasteiger partial charge in [-0.25, -0.2) is 4.79 Å². The van der Waals surface area contributed by atoms with Crippen molar-refractivity contribution in [1.82, 2.24) is 10.2 Å². The fourth-order valence-corrected chi connectivity index (χ4v) is 3.95. The van der Waals surface area contributed by atoms with E-state index < -0.39 is 5.97 Å². The number of nitrogens with zero attached hydrogens (tertiary/aromatic N) is 1.